The van der Waals surface area contributed by atoms with Gasteiger partial charge in [-0.2, -0.15) is 0 Å². The molecule has 5 rings (SSSR count). The number of hydrogen-bond donors (Lipinski definition) is 0. The molecule has 2 aliphatic heterocycles. The van der Waals surface area contributed by atoms with Crippen LogP contribution >= 0.6 is 0 Å². The van der Waals surface area contributed by atoms with Crippen LogP contribution in [0, 0.1) is 5.92 Å². The quantitative estimate of drug-likeness (QED) is 0.656. The number of likely N-dealkylation sites (tertiary alicyclic amines) is 1. The Morgan fingerprint density at radius 1 is 0.821 bits per heavy atom. The standard InChI is InChI=1S/C22H18N2O4/c25-21-18-19(17-12-7-13-27-17)24(16-10-5-2-6-11-16)28-20(18)22(26)23(21)14-15-8-3-1-4-9-15/h1-13,18-20H,14H2/t18-,19-,20-/m1/s1. The number of rotatable bonds is 4. The Bertz CT molecular complexity index is 988. The second-order valence-electron chi connectivity index (χ2n) is 6.92. The number of hydrogen-bond acceptors (Lipinski definition) is 5. The molecule has 0 N–H and O–H groups in total. The van der Waals surface area contributed by atoms with E-state index in [1.54, 1.807) is 17.4 Å². The first-order valence-corrected chi connectivity index (χ1v) is 9.17. The van der Waals surface area contributed by atoms with Crippen molar-refractivity contribution in [2.75, 3.05) is 5.06 Å². The maximum Gasteiger partial charge on any atom is 0.262 e. The summed E-state index contributed by atoms with van der Waals surface area (Å²) < 4.78 is 5.61. The maximum atomic E-state index is 13.2. The lowest BCUT2D eigenvalue weighted by Crippen LogP contribution is -2.36. The van der Waals surface area contributed by atoms with Gasteiger partial charge in [0.25, 0.3) is 5.91 Å². The highest BCUT2D eigenvalue weighted by molar-refractivity contribution is 6.07. The molecule has 0 saturated carbocycles. The predicted octanol–water partition coefficient (Wildman–Crippen LogP) is 3.33. The molecule has 0 unspecified atom stereocenters. The number of amides is 2. The van der Waals surface area contributed by atoms with Gasteiger partial charge < -0.3 is 4.42 Å². The van der Waals surface area contributed by atoms with Gasteiger partial charge in [0.05, 0.1) is 18.5 Å². The van der Waals surface area contributed by atoms with Gasteiger partial charge in [-0.1, -0.05) is 48.5 Å². The van der Waals surface area contributed by atoms with Crippen molar-refractivity contribution in [3.63, 3.8) is 0 Å². The van der Waals surface area contributed by atoms with Gasteiger partial charge in [0.1, 0.15) is 17.7 Å². The van der Waals surface area contributed by atoms with Crippen molar-refractivity contribution in [1.29, 1.82) is 0 Å². The second-order valence-corrected chi connectivity index (χ2v) is 6.92. The molecule has 6 nitrogen and oxygen atoms in total. The van der Waals surface area contributed by atoms with Crippen LogP contribution in [-0.4, -0.2) is 22.8 Å². The van der Waals surface area contributed by atoms with Crippen molar-refractivity contribution < 1.29 is 18.8 Å². The fourth-order valence-corrected chi connectivity index (χ4v) is 3.94. The SMILES string of the molecule is O=C1[C@@H]2[C@@H](c3ccco3)N(c3ccccc3)O[C@H]2C(=O)N1Cc1ccccc1. The number of carbonyl (C=O) groups excluding carboxylic acids is 2. The van der Waals surface area contributed by atoms with Crippen molar-refractivity contribution in [1.82, 2.24) is 4.90 Å². The number of furan rings is 1. The Balaban J connectivity index is 1.50. The lowest BCUT2D eigenvalue weighted by atomic mass is 9.94. The van der Waals surface area contributed by atoms with Crippen LogP contribution in [0.4, 0.5) is 5.69 Å². The third kappa shape index (κ3) is 2.61. The van der Waals surface area contributed by atoms with E-state index in [9.17, 15) is 9.59 Å². The number of hydroxylamine groups is 1. The van der Waals surface area contributed by atoms with E-state index < -0.39 is 18.1 Å². The van der Waals surface area contributed by atoms with E-state index in [-0.39, 0.29) is 18.4 Å². The first-order chi connectivity index (χ1) is 13.7. The Hall–Kier alpha value is -3.38. The third-order valence-corrected chi connectivity index (χ3v) is 5.24. The fourth-order valence-electron chi connectivity index (χ4n) is 3.94. The maximum absolute atomic E-state index is 13.2. The van der Waals surface area contributed by atoms with Crippen LogP contribution in [0.15, 0.2) is 83.5 Å². The fraction of sp³-hybridized carbons (Fsp3) is 0.182. The minimum Gasteiger partial charge on any atom is -0.467 e. The molecule has 6 heteroatoms. The van der Waals surface area contributed by atoms with Crippen LogP contribution in [0.5, 0.6) is 0 Å². The van der Waals surface area contributed by atoms with Gasteiger partial charge in [-0.05, 0) is 29.8 Å². The summed E-state index contributed by atoms with van der Waals surface area (Å²) in [5.41, 5.74) is 1.67. The molecule has 3 atom stereocenters. The molecular weight excluding hydrogens is 356 g/mol. The summed E-state index contributed by atoms with van der Waals surface area (Å²) >= 11 is 0. The Morgan fingerprint density at radius 3 is 2.21 bits per heavy atom. The van der Waals surface area contributed by atoms with E-state index in [1.807, 2.05) is 66.7 Å². The second kappa shape index (κ2) is 6.65. The van der Waals surface area contributed by atoms with E-state index in [2.05, 4.69) is 0 Å². The van der Waals surface area contributed by atoms with E-state index in [0.717, 1.165) is 11.3 Å². The van der Waals surface area contributed by atoms with Crippen LogP contribution in [0.3, 0.4) is 0 Å². The van der Waals surface area contributed by atoms with Crippen LogP contribution in [-0.2, 0) is 21.0 Å². The number of carbonyl (C=O) groups is 2. The van der Waals surface area contributed by atoms with Crippen LogP contribution in [0.1, 0.15) is 17.4 Å². The van der Waals surface area contributed by atoms with Gasteiger partial charge in [-0.15, -0.1) is 0 Å². The number of anilines is 1. The number of fused-ring (bicyclic) bond motifs is 1. The Kier molecular flexibility index (Phi) is 3.98. The number of imide groups is 1. The third-order valence-electron chi connectivity index (χ3n) is 5.24. The molecule has 0 bridgehead atoms. The van der Waals surface area contributed by atoms with Gasteiger partial charge in [0, 0.05) is 0 Å². The molecule has 2 saturated heterocycles. The monoisotopic (exact) mass is 374 g/mol. The summed E-state index contributed by atoms with van der Waals surface area (Å²) in [5.74, 6) is -0.603. The average molecular weight is 374 g/mol. The molecule has 2 aliphatic rings. The number of benzene rings is 2. The van der Waals surface area contributed by atoms with Gasteiger partial charge in [-0.25, -0.2) is 5.06 Å². The summed E-state index contributed by atoms with van der Waals surface area (Å²) in [6, 6.07) is 22.0. The minimum atomic E-state index is -0.855. The summed E-state index contributed by atoms with van der Waals surface area (Å²) in [7, 11) is 0. The van der Waals surface area contributed by atoms with E-state index >= 15 is 0 Å². The van der Waals surface area contributed by atoms with Gasteiger partial charge >= 0.3 is 0 Å². The Labute approximate surface area is 161 Å². The van der Waals surface area contributed by atoms with Crippen molar-refractivity contribution in [2.45, 2.75) is 18.7 Å². The van der Waals surface area contributed by atoms with Gasteiger partial charge in [-0.3, -0.25) is 19.3 Å². The largest absolute Gasteiger partial charge is 0.467 e. The van der Waals surface area contributed by atoms with Crippen molar-refractivity contribution in [3.8, 4) is 0 Å². The summed E-state index contributed by atoms with van der Waals surface area (Å²) in [6.45, 7) is 0.241. The summed E-state index contributed by atoms with van der Waals surface area (Å²) in [4.78, 5) is 33.6. The molecule has 28 heavy (non-hydrogen) atoms. The lowest BCUT2D eigenvalue weighted by molar-refractivity contribution is -0.143. The summed E-state index contributed by atoms with van der Waals surface area (Å²) in [5, 5.41) is 1.63. The molecule has 0 spiro atoms. The molecule has 2 fully saturated rings. The van der Waals surface area contributed by atoms with E-state index in [0.29, 0.717) is 5.76 Å². The molecule has 0 radical (unpaired) electrons. The molecule has 0 aliphatic carbocycles. The van der Waals surface area contributed by atoms with Gasteiger partial charge in [0.2, 0.25) is 5.91 Å². The zero-order valence-corrected chi connectivity index (χ0v) is 15.0. The number of nitrogens with zero attached hydrogens (tertiary/aromatic N) is 2. The highest BCUT2D eigenvalue weighted by Gasteiger charge is 2.60. The normalized spacial score (nSPS) is 24.1. The average Bonchev–Trinajstić information content (AvgIpc) is 3.44. The van der Waals surface area contributed by atoms with E-state index in [1.165, 1.54) is 4.90 Å². The zero-order chi connectivity index (χ0) is 19.1. The first-order valence-electron chi connectivity index (χ1n) is 9.17. The highest BCUT2D eigenvalue weighted by atomic mass is 16.7. The van der Waals surface area contributed by atoms with Crippen LogP contribution < -0.4 is 5.06 Å². The molecule has 2 amide bonds. The lowest BCUT2D eigenvalue weighted by Gasteiger charge is -2.27. The Morgan fingerprint density at radius 2 is 1.54 bits per heavy atom. The van der Waals surface area contributed by atoms with Gasteiger partial charge in [0.15, 0.2) is 6.10 Å². The smallest absolute Gasteiger partial charge is 0.262 e. The van der Waals surface area contributed by atoms with Crippen LogP contribution in [0.2, 0.25) is 0 Å². The molecule has 1 aromatic heterocycles. The van der Waals surface area contributed by atoms with Crippen LogP contribution in [0.25, 0.3) is 0 Å². The number of para-hydroxylation sites is 1. The van der Waals surface area contributed by atoms with Crippen molar-refractivity contribution in [2.24, 2.45) is 5.92 Å². The molecule has 3 aromatic rings. The topological polar surface area (TPSA) is 63.0 Å². The molecular formula is C22H18N2O4. The molecule has 140 valence electrons. The van der Waals surface area contributed by atoms with E-state index in [4.69, 9.17) is 9.25 Å². The molecule has 2 aromatic carbocycles. The van der Waals surface area contributed by atoms with Crippen molar-refractivity contribution in [3.05, 3.63) is 90.4 Å². The molecule has 3 heterocycles. The predicted molar refractivity (Wildman–Crippen MR) is 101 cm³/mol. The summed E-state index contributed by atoms with van der Waals surface area (Å²) in [6.07, 6.45) is 0.709. The minimum absolute atomic E-state index is 0.237. The zero-order valence-electron chi connectivity index (χ0n) is 15.0. The first kappa shape index (κ1) is 16.8. The highest BCUT2D eigenvalue weighted by Crippen LogP contribution is 2.46. The van der Waals surface area contributed by atoms with Crippen molar-refractivity contribution >= 4 is 17.5 Å².